The summed E-state index contributed by atoms with van der Waals surface area (Å²) in [6.45, 7) is 1.99. The normalized spacial score (nSPS) is 26.2. The number of carbonyl (C=O) groups is 1. The molecule has 0 spiro atoms. The smallest absolute Gasteiger partial charge is 0.229 e. The molecule has 1 fully saturated rings. The number of aliphatic hydroxyl groups is 4. The van der Waals surface area contributed by atoms with E-state index in [0.717, 1.165) is 5.56 Å². The number of hydrogen-bond acceptors (Lipinski definition) is 10. The Hall–Kier alpha value is -2.89. The van der Waals surface area contributed by atoms with Crippen LogP contribution in [0, 0.1) is 6.92 Å². The van der Waals surface area contributed by atoms with Gasteiger partial charge in [0.2, 0.25) is 6.29 Å². The van der Waals surface area contributed by atoms with Gasteiger partial charge in [-0.1, -0.05) is 6.07 Å². The summed E-state index contributed by atoms with van der Waals surface area (Å²) in [5.41, 5.74) is 1.33. The molecule has 10 heteroatoms. The van der Waals surface area contributed by atoms with Crippen molar-refractivity contribution in [2.45, 2.75) is 50.5 Å². The maximum atomic E-state index is 13.1. The second kappa shape index (κ2) is 10.2. The maximum Gasteiger partial charge on any atom is 0.229 e. The summed E-state index contributed by atoms with van der Waals surface area (Å²) in [4.78, 5) is 13.1. The summed E-state index contributed by atoms with van der Waals surface area (Å²) in [5, 5.41) is 50.2. The topological polar surface area (TPSA) is 155 Å². The molecular formula is C24H28O10. The van der Waals surface area contributed by atoms with Crippen molar-refractivity contribution in [2.75, 3.05) is 19.8 Å². The van der Waals surface area contributed by atoms with Gasteiger partial charge in [-0.25, -0.2) is 0 Å². The Labute approximate surface area is 195 Å². The van der Waals surface area contributed by atoms with Gasteiger partial charge in [0.15, 0.2) is 17.3 Å². The molecular weight excluding hydrogens is 448 g/mol. The van der Waals surface area contributed by atoms with E-state index in [0.29, 0.717) is 36.7 Å². The van der Waals surface area contributed by atoms with Gasteiger partial charge in [0.25, 0.3) is 0 Å². The average Bonchev–Trinajstić information content (AvgIpc) is 2.82. The first-order chi connectivity index (χ1) is 16.3. The van der Waals surface area contributed by atoms with Crippen LogP contribution in [0.3, 0.4) is 0 Å². The van der Waals surface area contributed by atoms with Gasteiger partial charge >= 0.3 is 0 Å². The highest BCUT2D eigenvalue weighted by Gasteiger charge is 2.45. The summed E-state index contributed by atoms with van der Waals surface area (Å²) in [6, 6.07) is 8.34. The van der Waals surface area contributed by atoms with Crippen LogP contribution in [0.4, 0.5) is 0 Å². The zero-order valence-corrected chi connectivity index (χ0v) is 18.6. The van der Waals surface area contributed by atoms with Crippen LogP contribution < -0.4 is 14.2 Å². The van der Waals surface area contributed by atoms with Crippen LogP contribution in [-0.2, 0) is 11.2 Å². The Kier molecular flexibility index (Phi) is 7.24. The van der Waals surface area contributed by atoms with E-state index in [-0.39, 0.29) is 23.5 Å². The minimum atomic E-state index is -1.65. The van der Waals surface area contributed by atoms with Crippen molar-refractivity contribution in [3.8, 4) is 23.0 Å². The van der Waals surface area contributed by atoms with Crippen LogP contribution >= 0.6 is 0 Å². The van der Waals surface area contributed by atoms with E-state index in [1.165, 1.54) is 12.1 Å². The number of rotatable bonds is 7. The Morgan fingerprint density at radius 2 is 1.76 bits per heavy atom. The van der Waals surface area contributed by atoms with Gasteiger partial charge in [-0.2, -0.15) is 0 Å². The number of hydrogen-bond donors (Lipinski definition) is 5. The zero-order valence-electron chi connectivity index (χ0n) is 18.6. The molecule has 0 radical (unpaired) electrons. The lowest BCUT2D eigenvalue weighted by Gasteiger charge is -2.39. The molecule has 1 saturated heterocycles. The van der Waals surface area contributed by atoms with Crippen molar-refractivity contribution < 1.29 is 49.3 Å². The Morgan fingerprint density at radius 1 is 1.03 bits per heavy atom. The number of benzene rings is 2. The van der Waals surface area contributed by atoms with Crippen LogP contribution in [0.5, 0.6) is 23.0 Å². The van der Waals surface area contributed by atoms with E-state index in [1.807, 2.05) is 12.1 Å². The van der Waals surface area contributed by atoms with Crippen molar-refractivity contribution in [2.24, 2.45) is 0 Å². The molecule has 34 heavy (non-hydrogen) atoms. The predicted octanol–water partition coefficient (Wildman–Crippen LogP) is 0.466. The third kappa shape index (κ3) is 4.96. The lowest BCUT2D eigenvalue weighted by atomic mass is 9.98. The fourth-order valence-corrected chi connectivity index (χ4v) is 4.02. The maximum absolute atomic E-state index is 13.1. The first-order valence-electron chi connectivity index (χ1n) is 11.0. The highest BCUT2D eigenvalue weighted by molar-refractivity contribution is 6.01. The van der Waals surface area contributed by atoms with E-state index in [2.05, 4.69) is 0 Å². The molecule has 2 heterocycles. The van der Waals surface area contributed by atoms with Crippen molar-refractivity contribution in [3.63, 3.8) is 0 Å². The van der Waals surface area contributed by atoms with Gasteiger partial charge in [-0.05, 0) is 48.7 Å². The lowest BCUT2D eigenvalue weighted by molar-refractivity contribution is -0.277. The number of carbonyl (C=O) groups excluding carboxylic acids is 1. The number of aryl methyl sites for hydroxylation is 2. The molecule has 0 aliphatic carbocycles. The number of Topliss-reactive ketones (excluding diaryl/α,β-unsaturated/α-hetero) is 1. The molecule has 2 aromatic rings. The van der Waals surface area contributed by atoms with Gasteiger partial charge in [-0.15, -0.1) is 0 Å². The van der Waals surface area contributed by atoms with Crippen molar-refractivity contribution >= 4 is 5.78 Å². The van der Waals surface area contributed by atoms with Gasteiger partial charge in [0, 0.05) is 6.42 Å². The van der Waals surface area contributed by atoms with E-state index in [1.54, 1.807) is 13.0 Å². The van der Waals surface area contributed by atoms with Crippen LogP contribution in [0.2, 0.25) is 0 Å². The van der Waals surface area contributed by atoms with E-state index < -0.39 is 43.1 Å². The fourth-order valence-electron chi connectivity index (χ4n) is 4.02. The predicted molar refractivity (Wildman–Crippen MR) is 117 cm³/mol. The minimum absolute atomic E-state index is 0.0430. The van der Waals surface area contributed by atoms with Crippen molar-refractivity contribution in [3.05, 3.63) is 47.0 Å². The molecule has 4 rings (SSSR count). The number of phenols is 1. The van der Waals surface area contributed by atoms with Gasteiger partial charge in [0.05, 0.1) is 6.61 Å². The standard InChI is InChI=1S/C24H28O10/c1-12-8-15(27)20(14(26)4-2-13-3-5-16-17(10-13)32-7-6-31-16)18(9-12)33-24-23(30)22(29)21(28)19(11-25)34-24/h3,5,8-10,19,21-25,27-30H,2,4,6-7,11H2,1H3/t19-,21-,22+,23-,24-/m1/s1. The Bertz CT molecular complexity index is 1040. The van der Waals surface area contributed by atoms with E-state index in [9.17, 15) is 30.3 Å². The summed E-state index contributed by atoms with van der Waals surface area (Å²) < 4.78 is 22.1. The molecule has 0 bridgehead atoms. The molecule has 2 aliphatic heterocycles. The molecule has 5 N–H and O–H groups in total. The van der Waals surface area contributed by atoms with E-state index in [4.69, 9.17) is 18.9 Å². The van der Waals surface area contributed by atoms with Crippen LogP contribution in [-0.4, -0.2) is 81.8 Å². The lowest BCUT2D eigenvalue weighted by Crippen LogP contribution is -2.60. The number of ketones is 1. The minimum Gasteiger partial charge on any atom is -0.507 e. The second-order valence-electron chi connectivity index (χ2n) is 8.37. The molecule has 0 amide bonds. The van der Waals surface area contributed by atoms with E-state index >= 15 is 0 Å². The van der Waals surface area contributed by atoms with Gasteiger partial charge in [-0.3, -0.25) is 4.79 Å². The third-order valence-corrected chi connectivity index (χ3v) is 5.84. The highest BCUT2D eigenvalue weighted by Crippen LogP contribution is 2.35. The summed E-state index contributed by atoms with van der Waals surface area (Å²) in [5.74, 6) is 0.501. The molecule has 0 unspecified atom stereocenters. The van der Waals surface area contributed by atoms with Gasteiger partial charge < -0.3 is 44.5 Å². The van der Waals surface area contributed by atoms with Crippen molar-refractivity contribution in [1.29, 1.82) is 0 Å². The average molecular weight is 476 g/mol. The number of aliphatic hydroxyl groups excluding tert-OH is 4. The second-order valence-corrected chi connectivity index (χ2v) is 8.37. The Morgan fingerprint density at radius 3 is 2.50 bits per heavy atom. The summed E-state index contributed by atoms with van der Waals surface area (Å²) >= 11 is 0. The first kappa shape index (κ1) is 24.2. The van der Waals surface area contributed by atoms with Crippen LogP contribution in [0.15, 0.2) is 30.3 Å². The molecule has 184 valence electrons. The number of aromatic hydroxyl groups is 1. The SMILES string of the molecule is Cc1cc(O)c(C(=O)CCc2ccc3c(c2)OCCO3)c(O[C@@H]2O[C@H](CO)[C@@H](O)[C@H](O)[C@H]2O)c1. The van der Waals surface area contributed by atoms with Crippen LogP contribution in [0.1, 0.15) is 27.9 Å². The molecule has 5 atom stereocenters. The molecule has 2 aromatic carbocycles. The summed E-state index contributed by atoms with van der Waals surface area (Å²) in [6.07, 6.45) is -7.08. The van der Waals surface area contributed by atoms with Crippen LogP contribution in [0.25, 0.3) is 0 Å². The number of phenolic OH excluding ortho intramolecular Hbond substituents is 1. The van der Waals surface area contributed by atoms with Gasteiger partial charge in [0.1, 0.15) is 54.7 Å². The molecule has 0 aromatic heterocycles. The Balaban J connectivity index is 1.52. The molecule has 2 aliphatic rings. The number of fused-ring (bicyclic) bond motifs is 1. The fraction of sp³-hybridized carbons (Fsp3) is 0.458. The first-order valence-corrected chi connectivity index (χ1v) is 11.0. The zero-order chi connectivity index (χ0) is 24.4. The summed E-state index contributed by atoms with van der Waals surface area (Å²) in [7, 11) is 0. The largest absolute Gasteiger partial charge is 0.507 e. The number of ether oxygens (including phenoxy) is 4. The monoisotopic (exact) mass is 476 g/mol. The third-order valence-electron chi connectivity index (χ3n) is 5.84. The highest BCUT2D eigenvalue weighted by atomic mass is 16.7. The molecule has 0 saturated carbocycles. The van der Waals surface area contributed by atoms with Crippen molar-refractivity contribution in [1.82, 2.24) is 0 Å². The quantitative estimate of drug-likeness (QED) is 0.356. The molecule has 10 nitrogen and oxygen atoms in total.